The molecule has 1 aromatic rings. The molecule has 2 N–H and O–H groups in total. The van der Waals surface area contributed by atoms with E-state index in [1.807, 2.05) is 0 Å². The zero-order valence-electron chi connectivity index (χ0n) is 10.0. The fourth-order valence-corrected chi connectivity index (χ4v) is 2.04. The molecule has 0 atom stereocenters. The first kappa shape index (κ1) is 12.0. The van der Waals surface area contributed by atoms with Crippen molar-refractivity contribution in [2.75, 3.05) is 18.4 Å². The maximum atomic E-state index is 11.6. The molecule has 0 radical (unpaired) electrons. The molecule has 0 aliphatic carbocycles. The Labute approximate surface area is 100 Å². The van der Waals surface area contributed by atoms with E-state index >= 15 is 0 Å². The second-order valence-corrected chi connectivity index (χ2v) is 4.43. The molecule has 1 saturated heterocycles. The highest BCUT2D eigenvalue weighted by Gasteiger charge is 2.15. The molecule has 1 aromatic heterocycles. The molecule has 0 unspecified atom stereocenters. The summed E-state index contributed by atoms with van der Waals surface area (Å²) >= 11 is 0. The Morgan fingerprint density at radius 3 is 2.94 bits per heavy atom. The van der Waals surface area contributed by atoms with Gasteiger partial charge in [-0.2, -0.15) is 4.98 Å². The van der Waals surface area contributed by atoms with Crippen molar-refractivity contribution in [1.82, 2.24) is 15.5 Å². The number of rotatable bonds is 4. The summed E-state index contributed by atoms with van der Waals surface area (Å²) in [7, 11) is 0. The third-order valence-corrected chi connectivity index (χ3v) is 3.01. The summed E-state index contributed by atoms with van der Waals surface area (Å²) in [5.41, 5.74) is 0. The van der Waals surface area contributed by atoms with Crippen LogP contribution in [-0.4, -0.2) is 29.1 Å². The van der Waals surface area contributed by atoms with Gasteiger partial charge in [-0.25, -0.2) is 0 Å². The number of hydrogen-bond acceptors (Lipinski definition) is 5. The Morgan fingerprint density at radius 2 is 2.29 bits per heavy atom. The predicted molar refractivity (Wildman–Crippen MR) is 62.5 cm³/mol. The lowest BCUT2D eigenvalue weighted by atomic mass is 9.93. The van der Waals surface area contributed by atoms with Crippen LogP contribution in [0.5, 0.6) is 0 Å². The quantitative estimate of drug-likeness (QED) is 0.821. The molecule has 1 aliphatic heterocycles. The van der Waals surface area contributed by atoms with Gasteiger partial charge in [0.15, 0.2) is 5.82 Å². The lowest BCUT2D eigenvalue weighted by molar-refractivity contribution is -0.116. The van der Waals surface area contributed by atoms with Gasteiger partial charge >= 0.3 is 6.01 Å². The van der Waals surface area contributed by atoms with Crippen LogP contribution < -0.4 is 10.6 Å². The molecule has 17 heavy (non-hydrogen) atoms. The van der Waals surface area contributed by atoms with Gasteiger partial charge in [-0.1, -0.05) is 5.16 Å². The lowest BCUT2D eigenvalue weighted by Crippen LogP contribution is -2.28. The number of piperidine rings is 1. The van der Waals surface area contributed by atoms with Crippen molar-refractivity contribution in [3.63, 3.8) is 0 Å². The van der Waals surface area contributed by atoms with Crippen molar-refractivity contribution >= 4 is 11.9 Å². The largest absolute Gasteiger partial charge is 0.328 e. The number of anilines is 1. The lowest BCUT2D eigenvalue weighted by Gasteiger charge is -2.21. The van der Waals surface area contributed by atoms with E-state index in [2.05, 4.69) is 20.8 Å². The average Bonchev–Trinajstić information content (AvgIpc) is 2.73. The predicted octanol–water partition coefficient (Wildman–Crippen LogP) is 1.10. The first-order chi connectivity index (χ1) is 8.24. The minimum absolute atomic E-state index is 0.0489. The summed E-state index contributed by atoms with van der Waals surface area (Å²) in [6.45, 7) is 3.85. The van der Waals surface area contributed by atoms with E-state index in [4.69, 9.17) is 4.52 Å². The van der Waals surface area contributed by atoms with Crippen molar-refractivity contribution in [2.24, 2.45) is 5.92 Å². The summed E-state index contributed by atoms with van der Waals surface area (Å²) in [6, 6.07) is 0.192. The number of nitrogens with one attached hydrogen (secondary N) is 2. The molecule has 1 fully saturated rings. The van der Waals surface area contributed by atoms with Gasteiger partial charge in [-0.15, -0.1) is 0 Å². The van der Waals surface area contributed by atoms with Crippen molar-refractivity contribution in [3.05, 3.63) is 5.82 Å². The fourth-order valence-electron chi connectivity index (χ4n) is 2.04. The topological polar surface area (TPSA) is 80.0 Å². The summed E-state index contributed by atoms with van der Waals surface area (Å²) in [6.07, 6.45) is 3.77. The monoisotopic (exact) mass is 238 g/mol. The molecule has 6 nitrogen and oxygen atoms in total. The van der Waals surface area contributed by atoms with Gasteiger partial charge in [0.25, 0.3) is 0 Å². The first-order valence-corrected chi connectivity index (χ1v) is 6.05. The van der Waals surface area contributed by atoms with Gasteiger partial charge in [0.1, 0.15) is 0 Å². The van der Waals surface area contributed by atoms with Crippen LogP contribution in [0, 0.1) is 12.8 Å². The first-order valence-electron chi connectivity index (χ1n) is 6.05. The van der Waals surface area contributed by atoms with Crippen molar-refractivity contribution in [1.29, 1.82) is 0 Å². The molecular formula is C11H18N4O2. The Bertz CT molecular complexity index is 371. The van der Waals surface area contributed by atoms with Crippen LogP contribution in [0.15, 0.2) is 4.52 Å². The Hall–Kier alpha value is -1.43. The van der Waals surface area contributed by atoms with E-state index in [0.717, 1.165) is 32.4 Å². The van der Waals surface area contributed by atoms with Crippen molar-refractivity contribution in [2.45, 2.75) is 32.6 Å². The molecule has 94 valence electrons. The Morgan fingerprint density at radius 1 is 1.53 bits per heavy atom. The molecule has 0 spiro atoms. The van der Waals surface area contributed by atoms with Crippen molar-refractivity contribution in [3.8, 4) is 0 Å². The zero-order chi connectivity index (χ0) is 12.1. The summed E-state index contributed by atoms with van der Waals surface area (Å²) < 4.78 is 4.82. The van der Waals surface area contributed by atoms with Crippen LogP contribution in [0.1, 0.15) is 31.5 Å². The minimum Gasteiger partial charge on any atom is -0.317 e. The SMILES string of the molecule is Cc1noc(NC(=O)CCC2CCNCC2)n1. The highest BCUT2D eigenvalue weighted by Crippen LogP contribution is 2.18. The number of nitrogens with zero attached hydrogens (tertiary/aromatic N) is 2. The number of carbonyl (C=O) groups excluding carboxylic acids is 1. The maximum Gasteiger partial charge on any atom is 0.328 e. The average molecular weight is 238 g/mol. The van der Waals surface area contributed by atoms with E-state index in [0.29, 0.717) is 18.2 Å². The molecular weight excluding hydrogens is 220 g/mol. The molecule has 2 heterocycles. The van der Waals surface area contributed by atoms with Gasteiger partial charge in [0.2, 0.25) is 5.91 Å². The van der Waals surface area contributed by atoms with E-state index in [-0.39, 0.29) is 11.9 Å². The fraction of sp³-hybridized carbons (Fsp3) is 0.727. The van der Waals surface area contributed by atoms with Crippen LogP contribution in [0.4, 0.5) is 6.01 Å². The number of carbonyl (C=O) groups is 1. The second-order valence-electron chi connectivity index (χ2n) is 4.43. The Balaban J connectivity index is 1.70. The van der Waals surface area contributed by atoms with Crippen LogP contribution in [0.2, 0.25) is 0 Å². The smallest absolute Gasteiger partial charge is 0.317 e. The third-order valence-electron chi connectivity index (χ3n) is 3.01. The highest BCUT2D eigenvalue weighted by molar-refractivity contribution is 5.88. The van der Waals surface area contributed by atoms with Crippen LogP contribution in [0.25, 0.3) is 0 Å². The molecule has 6 heteroatoms. The Kier molecular flexibility index (Phi) is 4.08. The highest BCUT2D eigenvalue weighted by atomic mass is 16.5. The van der Waals surface area contributed by atoms with Gasteiger partial charge in [-0.3, -0.25) is 10.1 Å². The van der Waals surface area contributed by atoms with Crippen LogP contribution in [0.3, 0.4) is 0 Å². The van der Waals surface area contributed by atoms with Gasteiger partial charge < -0.3 is 9.84 Å². The summed E-state index contributed by atoms with van der Waals surface area (Å²) in [4.78, 5) is 15.5. The van der Waals surface area contributed by atoms with E-state index in [9.17, 15) is 4.79 Å². The van der Waals surface area contributed by atoms with Gasteiger partial charge in [-0.05, 0) is 45.2 Å². The van der Waals surface area contributed by atoms with E-state index in [1.165, 1.54) is 0 Å². The zero-order valence-corrected chi connectivity index (χ0v) is 10.0. The van der Waals surface area contributed by atoms with E-state index < -0.39 is 0 Å². The molecule has 0 saturated carbocycles. The standard InChI is InChI=1S/C11H18N4O2/c1-8-13-11(17-15-8)14-10(16)3-2-9-4-6-12-7-5-9/h9,12H,2-7H2,1H3,(H,13,14,15,16). The maximum absolute atomic E-state index is 11.6. The molecule has 0 aromatic carbocycles. The summed E-state index contributed by atoms with van der Waals surface area (Å²) in [5.74, 6) is 1.14. The second kappa shape index (κ2) is 5.77. The summed E-state index contributed by atoms with van der Waals surface area (Å²) in [5, 5.41) is 9.53. The van der Waals surface area contributed by atoms with E-state index in [1.54, 1.807) is 6.92 Å². The molecule has 2 rings (SSSR count). The van der Waals surface area contributed by atoms with Gasteiger partial charge in [0.05, 0.1) is 0 Å². The number of aryl methyl sites for hydroxylation is 1. The third kappa shape index (κ3) is 3.81. The van der Waals surface area contributed by atoms with Crippen LogP contribution >= 0.6 is 0 Å². The molecule has 1 aliphatic rings. The number of hydrogen-bond donors (Lipinski definition) is 2. The number of aromatic nitrogens is 2. The number of amides is 1. The minimum atomic E-state index is -0.0489. The van der Waals surface area contributed by atoms with Crippen molar-refractivity contribution < 1.29 is 9.32 Å². The molecule has 0 bridgehead atoms. The molecule has 1 amide bonds. The normalized spacial score (nSPS) is 17.0. The van der Waals surface area contributed by atoms with Crippen LogP contribution in [-0.2, 0) is 4.79 Å². The van der Waals surface area contributed by atoms with Gasteiger partial charge in [0, 0.05) is 6.42 Å².